The van der Waals surface area contributed by atoms with Gasteiger partial charge in [-0.2, -0.15) is 0 Å². The molecule has 0 aromatic heterocycles. The lowest BCUT2D eigenvalue weighted by Crippen LogP contribution is -2.41. The summed E-state index contributed by atoms with van der Waals surface area (Å²) >= 11 is 3.44. The Kier molecular flexibility index (Phi) is 6.96. The van der Waals surface area contributed by atoms with Crippen LogP contribution < -0.4 is 4.90 Å². The van der Waals surface area contributed by atoms with Gasteiger partial charge in [0.25, 0.3) is 5.91 Å². The number of aryl methyl sites for hydroxylation is 2. The molecule has 1 aliphatic heterocycles. The van der Waals surface area contributed by atoms with Crippen LogP contribution in [0, 0.1) is 13.8 Å². The lowest BCUT2D eigenvalue weighted by Gasteiger charge is -2.23. The molecular formula is C29H26BrNO3. The number of ketones is 1. The number of allylic oxidation sites excluding steroid dienone is 3. The number of anilines is 1. The van der Waals surface area contributed by atoms with Crippen molar-refractivity contribution in [3.05, 3.63) is 117 Å². The third kappa shape index (κ3) is 4.96. The maximum Gasteiger partial charge on any atom is 0.264 e. The highest BCUT2D eigenvalue weighted by Crippen LogP contribution is 2.44. The first-order valence-electron chi connectivity index (χ1n) is 11.1. The Balaban J connectivity index is 1.58. The van der Waals surface area contributed by atoms with Gasteiger partial charge < -0.3 is 10.0 Å². The van der Waals surface area contributed by atoms with E-state index in [1.54, 1.807) is 23.1 Å². The summed E-state index contributed by atoms with van der Waals surface area (Å²) in [7, 11) is 0. The second-order valence-corrected chi connectivity index (χ2v) is 9.53. The van der Waals surface area contributed by atoms with Crippen LogP contribution in [-0.4, -0.2) is 16.8 Å². The zero-order valence-electron chi connectivity index (χ0n) is 19.2. The number of rotatable bonds is 7. The van der Waals surface area contributed by atoms with E-state index in [0.717, 1.165) is 26.7 Å². The lowest BCUT2D eigenvalue weighted by molar-refractivity contribution is -0.140. The Morgan fingerprint density at radius 3 is 2.56 bits per heavy atom. The normalized spacial score (nSPS) is 17.6. The van der Waals surface area contributed by atoms with Gasteiger partial charge in [0.1, 0.15) is 0 Å². The van der Waals surface area contributed by atoms with Gasteiger partial charge in [-0.25, -0.2) is 0 Å². The van der Waals surface area contributed by atoms with Crippen LogP contribution in [0.4, 0.5) is 5.69 Å². The topological polar surface area (TPSA) is 57.6 Å². The zero-order chi connectivity index (χ0) is 24.3. The number of carbonyl (C=O) groups is 2. The van der Waals surface area contributed by atoms with E-state index in [1.165, 1.54) is 6.08 Å². The molecule has 1 atom stereocenters. The number of hydrogen-bond acceptors (Lipinski definition) is 3. The number of halogens is 1. The van der Waals surface area contributed by atoms with Gasteiger partial charge in [-0.1, -0.05) is 88.3 Å². The van der Waals surface area contributed by atoms with Crippen LogP contribution in [0.15, 0.2) is 89.4 Å². The average Bonchev–Trinajstić information content (AvgIpc) is 3.01. The second-order valence-electron chi connectivity index (χ2n) is 8.61. The molecule has 3 aromatic carbocycles. The minimum absolute atomic E-state index is 0.325. The molecule has 0 aliphatic carbocycles. The molecule has 1 heterocycles. The van der Waals surface area contributed by atoms with E-state index in [0.29, 0.717) is 17.8 Å². The molecule has 172 valence electrons. The van der Waals surface area contributed by atoms with Gasteiger partial charge in [-0.05, 0) is 54.8 Å². The predicted octanol–water partition coefficient (Wildman–Crippen LogP) is 6.03. The van der Waals surface area contributed by atoms with Crippen LogP contribution in [-0.2, 0) is 21.7 Å². The summed E-state index contributed by atoms with van der Waals surface area (Å²) in [4.78, 5) is 27.9. The fraction of sp³-hybridized carbons (Fsp3) is 0.172. The summed E-state index contributed by atoms with van der Waals surface area (Å²) in [5.41, 5.74) is 3.34. The highest BCUT2D eigenvalue weighted by Gasteiger charge is 2.50. The molecule has 0 radical (unpaired) electrons. The Bertz CT molecular complexity index is 1300. The quantitative estimate of drug-likeness (QED) is 0.308. The Hall–Kier alpha value is -3.28. The minimum atomic E-state index is -1.92. The van der Waals surface area contributed by atoms with E-state index in [9.17, 15) is 14.7 Å². The number of benzene rings is 3. The highest BCUT2D eigenvalue weighted by atomic mass is 79.9. The number of amides is 1. The Morgan fingerprint density at radius 1 is 1.03 bits per heavy atom. The van der Waals surface area contributed by atoms with E-state index in [4.69, 9.17) is 0 Å². The Morgan fingerprint density at radius 2 is 1.79 bits per heavy atom. The summed E-state index contributed by atoms with van der Waals surface area (Å²) in [5, 5.41) is 11.5. The highest BCUT2D eigenvalue weighted by molar-refractivity contribution is 9.10. The second kappa shape index (κ2) is 9.92. The van der Waals surface area contributed by atoms with Crippen LogP contribution >= 0.6 is 15.9 Å². The average molecular weight is 516 g/mol. The number of hydrogen-bond donors (Lipinski definition) is 1. The first kappa shape index (κ1) is 23.9. The van der Waals surface area contributed by atoms with Gasteiger partial charge in [0.15, 0.2) is 11.4 Å². The van der Waals surface area contributed by atoms with E-state index in [-0.39, 0.29) is 12.2 Å². The van der Waals surface area contributed by atoms with Crippen molar-refractivity contribution in [3.63, 3.8) is 0 Å². The summed E-state index contributed by atoms with van der Waals surface area (Å²) in [5.74, 6) is -0.809. The summed E-state index contributed by atoms with van der Waals surface area (Å²) in [6.07, 6.45) is 6.36. The molecule has 34 heavy (non-hydrogen) atoms. The van der Waals surface area contributed by atoms with E-state index in [2.05, 4.69) is 15.9 Å². The van der Waals surface area contributed by atoms with E-state index < -0.39 is 11.5 Å². The fourth-order valence-corrected chi connectivity index (χ4v) is 4.56. The predicted molar refractivity (Wildman–Crippen MR) is 139 cm³/mol. The van der Waals surface area contributed by atoms with Gasteiger partial charge in [0.05, 0.1) is 18.7 Å². The van der Waals surface area contributed by atoms with Crippen molar-refractivity contribution in [1.82, 2.24) is 0 Å². The van der Waals surface area contributed by atoms with Crippen molar-refractivity contribution >= 4 is 39.4 Å². The van der Waals surface area contributed by atoms with Gasteiger partial charge in [0, 0.05) is 10.0 Å². The maximum atomic E-state index is 13.5. The molecule has 1 aliphatic rings. The summed E-state index contributed by atoms with van der Waals surface area (Å²) in [6.45, 7) is 4.34. The minimum Gasteiger partial charge on any atom is -0.375 e. The molecule has 0 spiro atoms. The molecule has 5 heteroatoms. The molecule has 3 aromatic rings. The van der Waals surface area contributed by atoms with Crippen molar-refractivity contribution in [2.75, 3.05) is 4.90 Å². The van der Waals surface area contributed by atoms with Gasteiger partial charge in [0.2, 0.25) is 0 Å². The summed E-state index contributed by atoms with van der Waals surface area (Å²) < 4.78 is 0.736. The molecule has 4 nitrogen and oxygen atoms in total. The smallest absolute Gasteiger partial charge is 0.264 e. The van der Waals surface area contributed by atoms with Crippen LogP contribution in [0.2, 0.25) is 0 Å². The van der Waals surface area contributed by atoms with Gasteiger partial charge >= 0.3 is 0 Å². The summed E-state index contributed by atoms with van der Waals surface area (Å²) in [6, 6.07) is 21.2. The first-order chi connectivity index (χ1) is 16.3. The molecular weight excluding hydrogens is 490 g/mol. The van der Waals surface area contributed by atoms with Crippen LogP contribution in [0.3, 0.4) is 0 Å². The molecule has 0 unspecified atom stereocenters. The van der Waals surface area contributed by atoms with E-state index >= 15 is 0 Å². The van der Waals surface area contributed by atoms with Crippen molar-refractivity contribution in [2.24, 2.45) is 0 Å². The van der Waals surface area contributed by atoms with Crippen molar-refractivity contribution in [2.45, 2.75) is 32.4 Å². The first-order valence-corrected chi connectivity index (χ1v) is 11.9. The standard InChI is InChI=1S/C29H26BrNO3/c1-20-12-13-21(2)23(16-20)19-31-27-15-14-24(30)17-26(27)29(34,28(31)33)18-25(32)11-7-6-10-22-8-4-3-5-9-22/h3-17,34H,18-19H2,1-2H3/b10-6+,11-7+/t29-/m1/s1. The molecule has 1 N–H and O–H groups in total. The number of carbonyl (C=O) groups excluding carboxylic acids is 2. The largest absolute Gasteiger partial charge is 0.375 e. The van der Waals surface area contributed by atoms with Crippen LogP contribution in [0.5, 0.6) is 0 Å². The number of nitrogens with zero attached hydrogens (tertiary/aromatic N) is 1. The van der Waals surface area contributed by atoms with Crippen molar-refractivity contribution in [3.8, 4) is 0 Å². The molecule has 0 saturated carbocycles. The van der Waals surface area contributed by atoms with Gasteiger partial charge in [-0.3, -0.25) is 9.59 Å². The molecule has 4 rings (SSSR count). The van der Waals surface area contributed by atoms with Crippen LogP contribution in [0.1, 0.15) is 34.2 Å². The fourth-order valence-electron chi connectivity index (χ4n) is 4.20. The third-order valence-corrected chi connectivity index (χ3v) is 6.53. The molecule has 0 fully saturated rings. The lowest BCUT2D eigenvalue weighted by atomic mass is 9.90. The maximum absolute atomic E-state index is 13.5. The molecule has 0 saturated heterocycles. The Labute approximate surface area is 208 Å². The van der Waals surface area contributed by atoms with Crippen molar-refractivity contribution < 1.29 is 14.7 Å². The number of aliphatic hydroxyl groups is 1. The van der Waals surface area contributed by atoms with Gasteiger partial charge in [-0.15, -0.1) is 0 Å². The molecule has 1 amide bonds. The van der Waals surface area contributed by atoms with Crippen molar-refractivity contribution in [1.29, 1.82) is 0 Å². The monoisotopic (exact) mass is 515 g/mol. The molecule has 0 bridgehead atoms. The van der Waals surface area contributed by atoms with Crippen LogP contribution in [0.25, 0.3) is 6.08 Å². The SMILES string of the molecule is Cc1ccc(C)c(CN2C(=O)[C@@](O)(CC(=O)/C=C/C=C/c3ccccc3)c3cc(Br)ccc32)c1. The van der Waals surface area contributed by atoms with E-state index in [1.807, 2.05) is 80.6 Å². The number of fused-ring (bicyclic) bond motifs is 1. The zero-order valence-corrected chi connectivity index (χ0v) is 20.7. The third-order valence-electron chi connectivity index (χ3n) is 6.04.